The molecule has 2 aromatic rings. The number of aliphatic hydroxyl groups is 1. The minimum atomic E-state index is -4.45. The zero-order valence-electron chi connectivity index (χ0n) is 10.6. The van der Waals surface area contributed by atoms with Gasteiger partial charge in [-0.1, -0.05) is 41.9 Å². The third kappa shape index (κ3) is 2.81. The Bertz CT molecular complexity index is 621. The van der Waals surface area contributed by atoms with E-state index < -0.39 is 17.3 Å². The fourth-order valence-corrected chi connectivity index (χ4v) is 2.33. The largest absolute Gasteiger partial charge is 0.416 e. The smallest absolute Gasteiger partial charge is 0.381 e. The quantitative estimate of drug-likeness (QED) is 0.858. The molecule has 0 saturated heterocycles. The molecule has 0 aliphatic heterocycles. The summed E-state index contributed by atoms with van der Waals surface area (Å²) >= 11 is 6.01. The van der Waals surface area contributed by atoms with E-state index in [1.807, 2.05) is 0 Å². The minimum absolute atomic E-state index is 0.139. The fourth-order valence-electron chi connectivity index (χ4n) is 2.01. The van der Waals surface area contributed by atoms with Crippen LogP contribution in [-0.2, 0) is 11.8 Å². The highest BCUT2D eigenvalue weighted by Gasteiger charge is 2.34. The van der Waals surface area contributed by atoms with Gasteiger partial charge in [0.25, 0.3) is 0 Å². The van der Waals surface area contributed by atoms with Crippen LogP contribution in [0, 0.1) is 0 Å². The van der Waals surface area contributed by atoms with Crippen LogP contribution in [0.15, 0.2) is 48.5 Å². The van der Waals surface area contributed by atoms with Gasteiger partial charge in [0, 0.05) is 10.6 Å². The van der Waals surface area contributed by atoms with Crippen LogP contribution in [0.1, 0.15) is 23.6 Å². The molecule has 0 radical (unpaired) electrons. The SMILES string of the molecule is CC(O)(c1cccc(C(F)(F)F)c1)c1ccccc1Cl. The molecule has 0 bridgehead atoms. The monoisotopic (exact) mass is 300 g/mol. The van der Waals surface area contributed by atoms with Crippen molar-refractivity contribution in [2.75, 3.05) is 0 Å². The Morgan fingerprint density at radius 2 is 1.55 bits per heavy atom. The van der Waals surface area contributed by atoms with Gasteiger partial charge in [0.05, 0.1) is 5.56 Å². The molecule has 1 unspecified atom stereocenters. The molecule has 0 saturated carbocycles. The lowest BCUT2D eigenvalue weighted by Crippen LogP contribution is -2.24. The molecule has 2 rings (SSSR count). The summed E-state index contributed by atoms with van der Waals surface area (Å²) < 4.78 is 38.2. The molecule has 0 spiro atoms. The number of hydrogen-bond donors (Lipinski definition) is 1. The van der Waals surface area contributed by atoms with Crippen molar-refractivity contribution in [1.29, 1.82) is 0 Å². The molecule has 0 aliphatic carbocycles. The minimum Gasteiger partial charge on any atom is -0.381 e. The van der Waals surface area contributed by atoms with Gasteiger partial charge in [-0.05, 0) is 30.7 Å². The molecule has 0 fully saturated rings. The number of benzene rings is 2. The second kappa shape index (κ2) is 5.11. The molecular weight excluding hydrogens is 289 g/mol. The summed E-state index contributed by atoms with van der Waals surface area (Å²) in [6.45, 7) is 1.42. The van der Waals surface area contributed by atoms with Crippen molar-refractivity contribution < 1.29 is 18.3 Å². The van der Waals surface area contributed by atoms with Gasteiger partial charge in [0.1, 0.15) is 5.60 Å². The van der Waals surface area contributed by atoms with Crippen LogP contribution in [0.25, 0.3) is 0 Å². The van der Waals surface area contributed by atoms with E-state index in [9.17, 15) is 18.3 Å². The Balaban J connectivity index is 2.53. The number of halogens is 4. The third-order valence-electron chi connectivity index (χ3n) is 3.15. The van der Waals surface area contributed by atoms with Crippen LogP contribution in [0.4, 0.5) is 13.2 Å². The maximum absolute atomic E-state index is 12.7. The molecule has 20 heavy (non-hydrogen) atoms. The second-order valence-electron chi connectivity index (χ2n) is 4.63. The highest BCUT2D eigenvalue weighted by molar-refractivity contribution is 6.31. The van der Waals surface area contributed by atoms with Crippen LogP contribution >= 0.6 is 11.6 Å². The Morgan fingerprint density at radius 3 is 2.15 bits per heavy atom. The maximum atomic E-state index is 12.7. The molecule has 0 heterocycles. The Labute approximate surface area is 119 Å². The van der Waals surface area contributed by atoms with Crippen LogP contribution in [0.3, 0.4) is 0 Å². The van der Waals surface area contributed by atoms with Crippen LogP contribution in [0.2, 0.25) is 5.02 Å². The predicted molar refractivity (Wildman–Crippen MR) is 71.6 cm³/mol. The molecule has 0 amide bonds. The molecule has 1 nitrogen and oxygen atoms in total. The van der Waals surface area contributed by atoms with Gasteiger partial charge >= 0.3 is 6.18 Å². The molecule has 1 N–H and O–H groups in total. The summed E-state index contributed by atoms with van der Waals surface area (Å²) in [7, 11) is 0. The van der Waals surface area contributed by atoms with Crippen molar-refractivity contribution in [2.24, 2.45) is 0 Å². The lowest BCUT2D eigenvalue weighted by atomic mass is 9.87. The van der Waals surface area contributed by atoms with E-state index in [0.717, 1.165) is 12.1 Å². The van der Waals surface area contributed by atoms with E-state index in [2.05, 4.69) is 0 Å². The maximum Gasteiger partial charge on any atom is 0.416 e. The normalized spacial score (nSPS) is 14.9. The summed E-state index contributed by atoms with van der Waals surface area (Å²) in [5.74, 6) is 0. The van der Waals surface area contributed by atoms with Crippen LogP contribution in [0.5, 0.6) is 0 Å². The van der Waals surface area contributed by atoms with Crippen molar-refractivity contribution >= 4 is 11.6 Å². The van der Waals surface area contributed by atoms with E-state index in [4.69, 9.17) is 11.6 Å². The highest BCUT2D eigenvalue weighted by Crippen LogP contribution is 2.36. The van der Waals surface area contributed by atoms with Crippen molar-refractivity contribution in [3.63, 3.8) is 0 Å². The average molecular weight is 301 g/mol. The van der Waals surface area contributed by atoms with Gasteiger partial charge in [-0.2, -0.15) is 13.2 Å². The second-order valence-corrected chi connectivity index (χ2v) is 5.04. The topological polar surface area (TPSA) is 20.2 Å². The lowest BCUT2D eigenvalue weighted by molar-refractivity contribution is -0.137. The van der Waals surface area contributed by atoms with E-state index in [0.29, 0.717) is 10.6 Å². The summed E-state index contributed by atoms with van der Waals surface area (Å²) in [6, 6.07) is 11.1. The average Bonchev–Trinajstić information content (AvgIpc) is 2.38. The Hall–Kier alpha value is -1.52. The Kier molecular flexibility index (Phi) is 3.80. The van der Waals surface area contributed by atoms with Gasteiger partial charge < -0.3 is 5.11 Å². The fraction of sp³-hybridized carbons (Fsp3) is 0.200. The summed E-state index contributed by atoms with van der Waals surface area (Å²) in [5.41, 5.74) is -1.90. The molecule has 106 valence electrons. The first-order chi connectivity index (χ1) is 9.23. The summed E-state index contributed by atoms with van der Waals surface area (Å²) in [5, 5.41) is 10.9. The molecule has 5 heteroatoms. The molecule has 0 aromatic heterocycles. The van der Waals surface area contributed by atoms with Crippen LogP contribution in [-0.4, -0.2) is 5.11 Å². The standard InChI is InChI=1S/C15H12ClF3O/c1-14(20,12-7-2-3-8-13(12)16)10-5-4-6-11(9-10)15(17,18)19/h2-9,20H,1H3. The number of rotatable bonds is 2. The van der Waals surface area contributed by atoms with E-state index in [1.165, 1.54) is 19.1 Å². The van der Waals surface area contributed by atoms with Gasteiger partial charge in [0.2, 0.25) is 0 Å². The third-order valence-corrected chi connectivity index (χ3v) is 3.48. The van der Waals surface area contributed by atoms with E-state index >= 15 is 0 Å². The van der Waals surface area contributed by atoms with Gasteiger partial charge in [-0.15, -0.1) is 0 Å². The first-order valence-electron chi connectivity index (χ1n) is 5.88. The van der Waals surface area contributed by atoms with Crippen molar-refractivity contribution in [2.45, 2.75) is 18.7 Å². The Morgan fingerprint density at radius 1 is 0.950 bits per heavy atom. The molecule has 2 aromatic carbocycles. The first-order valence-corrected chi connectivity index (χ1v) is 6.26. The summed E-state index contributed by atoms with van der Waals surface area (Å²) in [4.78, 5) is 0. The zero-order valence-corrected chi connectivity index (χ0v) is 11.3. The zero-order chi connectivity index (χ0) is 15.0. The molecule has 1 atom stereocenters. The molecule has 0 aliphatic rings. The van der Waals surface area contributed by atoms with Crippen molar-refractivity contribution in [1.82, 2.24) is 0 Å². The predicted octanol–water partition coefficient (Wildman–Crippen LogP) is 4.61. The first kappa shape index (κ1) is 14.9. The van der Waals surface area contributed by atoms with Crippen molar-refractivity contribution in [3.8, 4) is 0 Å². The van der Waals surface area contributed by atoms with Gasteiger partial charge in [-0.25, -0.2) is 0 Å². The van der Waals surface area contributed by atoms with Crippen molar-refractivity contribution in [3.05, 3.63) is 70.2 Å². The lowest BCUT2D eigenvalue weighted by Gasteiger charge is -2.26. The van der Waals surface area contributed by atoms with Crippen LogP contribution < -0.4 is 0 Å². The van der Waals surface area contributed by atoms with Gasteiger partial charge in [0.15, 0.2) is 0 Å². The molecular formula is C15H12ClF3O. The number of hydrogen-bond acceptors (Lipinski definition) is 1. The highest BCUT2D eigenvalue weighted by atomic mass is 35.5. The van der Waals surface area contributed by atoms with Gasteiger partial charge in [-0.3, -0.25) is 0 Å². The number of alkyl halides is 3. The van der Waals surface area contributed by atoms with E-state index in [-0.39, 0.29) is 5.56 Å². The van der Waals surface area contributed by atoms with E-state index in [1.54, 1.807) is 24.3 Å². The summed E-state index contributed by atoms with van der Waals surface area (Å²) in [6.07, 6.45) is -4.45.